The lowest BCUT2D eigenvalue weighted by molar-refractivity contribution is -0.158. The van der Waals surface area contributed by atoms with E-state index in [2.05, 4.69) is 0 Å². The summed E-state index contributed by atoms with van der Waals surface area (Å²) in [6.45, 7) is 1.55. The average molecular weight is 506 g/mol. The first-order valence-corrected chi connectivity index (χ1v) is 13.3. The lowest BCUT2D eigenvalue weighted by Gasteiger charge is -2.39. The van der Waals surface area contributed by atoms with Gasteiger partial charge in [0, 0.05) is 20.3 Å². The summed E-state index contributed by atoms with van der Waals surface area (Å²) in [4.78, 5) is 29.1. The van der Waals surface area contributed by atoms with E-state index in [1.807, 2.05) is 12.1 Å². The van der Waals surface area contributed by atoms with E-state index in [1.165, 1.54) is 6.42 Å². The van der Waals surface area contributed by atoms with Crippen molar-refractivity contribution in [1.82, 2.24) is 4.90 Å². The Balaban J connectivity index is 1.89. The predicted molar refractivity (Wildman–Crippen MR) is 137 cm³/mol. The van der Waals surface area contributed by atoms with Crippen LogP contribution in [0.3, 0.4) is 0 Å². The molecular formula is C28H43NO7. The molecule has 1 saturated heterocycles. The van der Waals surface area contributed by atoms with Crippen LogP contribution < -0.4 is 14.2 Å². The Hall–Kier alpha value is -2.48. The molecule has 1 aromatic carbocycles. The molecule has 3 rings (SSSR count). The molecule has 1 aliphatic heterocycles. The van der Waals surface area contributed by atoms with Crippen molar-refractivity contribution < 1.29 is 33.3 Å². The molecule has 0 spiro atoms. The van der Waals surface area contributed by atoms with Crippen molar-refractivity contribution in [3.8, 4) is 17.2 Å². The molecule has 8 heteroatoms. The zero-order valence-corrected chi connectivity index (χ0v) is 22.4. The quantitative estimate of drug-likeness (QED) is 0.300. The highest BCUT2D eigenvalue weighted by Crippen LogP contribution is 2.45. The Bertz CT molecular complexity index is 827. The molecular weight excluding hydrogens is 462 g/mol. The fourth-order valence-corrected chi connectivity index (χ4v) is 5.60. The van der Waals surface area contributed by atoms with E-state index in [0.29, 0.717) is 43.4 Å². The highest BCUT2D eigenvalue weighted by atomic mass is 16.5. The topological polar surface area (TPSA) is 83.5 Å². The third-order valence-corrected chi connectivity index (χ3v) is 7.48. The van der Waals surface area contributed by atoms with Crippen LogP contribution in [0.2, 0.25) is 0 Å². The lowest BCUT2D eigenvalue weighted by atomic mass is 9.75. The van der Waals surface area contributed by atoms with Gasteiger partial charge < -0.3 is 28.6 Å². The summed E-state index contributed by atoms with van der Waals surface area (Å²) in [5.74, 6) is 1.09. The number of ether oxygens (including phenoxy) is 5. The first-order chi connectivity index (χ1) is 17.5. The minimum Gasteiger partial charge on any atom is -0.493 e. The Kier molecular flexibility index (Phi) is 11.2. The van der Waals surface area contributed by atoms with E-state index in [0.717, 1.165) is 56.9 Å². The first-order valence-electron chi connectivity index (χ1n) is 13.3. The summed E-state index contributed by atoms with van der Waals surface area (Å²) in [6, 6.07) is 3.25. The molecule has 2 atom stereocenters. The van der Waals surface area contributed by atoms with Gasteiger partial charge in [0.2, 0.25) is 11.7 Å². The Morgan fingerprint density at radius 1 is 0.861 bits per heavy atom. The Labute approximate surface area is 215 Å². The number of nitrogens with zero attached hydrogens (tertiary/aromatic N) is 1. The molecule has 36 heavy (non-hydrogen) atoms. The second kappa shape index (κ2) is 14.3. The standard InChI is InChI=1S/C28H43NO7/c1-32-16-10-11-17-36-28(31)22-14-8-9-15-29(22)27(30)25(20-12-6-5-7-13-20)21-18-23(33-2)26(35-4)24(19-21)34-3/h18-20,22,25H,5-17H2,1-4H3/t22-,25?/m0/s1. The molecule has 1 aromatic rings. The van der Waals surface area contributed by atoms with Crippen LogP contribution in [-0.4, -0.2) is 71.0 Å². The second-order valence-corrected chi connectivity index (χ2v) is 9.75. The maximum absolute atomic E-state index is 14.3. The minimum atomic E-state index is -0.540. The van der Waals surface area contributed by atoms with Crippen LogP contribution in [0.5, 0.6) is 17.2 Å². The van der Waals surface area contributed by atoms with Gasteiger partial charge in [0.05, 0.1) is 33.9 Å². The summed E-state index contributed by atoms with van der Waals surface area (Å²) in [5, 5.41) is 0. The number of hydrogen-bond donors (Lipinski definition) is 0. The maximum Gasteiger partial charge on any atom is 0.328 e. The molecule has 2 aliphatic rings. The van der Waals surface area contributed by atoms with Gasteiger partial charge >= 0.3 is 5.97 Å². The number of rotatable bonds is 12. The molecule has 1 aliphatic carbocycles. The monoisotopic (exact) mass is 505 g/mol. The summed E-state index contributed by atoms with van der Waals surface area (Å²) < 4.78 is 27.4. The molecule has 1 amide bonds. The summed E-state index contributed by atoms with van der Waals surface area (Å²) in [5.41, 5.74) is 0.846. The van der Waals surface area contributed by atoms with Crippen LogP contribution in [0.4, 0.5) is 0 Å². The van der Waals surface area contributed by atoms with Crippen molar-refractivity contribution in [3.05, 3.63) is 17.7 Å². The Morgan fingerprint density at radius 2 is 1.50 bits per heavy atom. The van der Waals surface area contributed by atoms with Gasteiger partial charge in [-0.1, -0.05) is 19.3 Å². The van der Waals surface area contributed by atoms with E-state index in [1.54, 1.807) is 33.3 Å². The number of hydrogen-bond acceptors (Lipinski definition) is 7. The second-order valence-electron chi connectivity index (χ2n) is 9.75. The van der Waals surface area contributed by atoms with E-state index in [9.17, 15) is 9.59 Å². The molecule has 0 N–H and O–H groups in total. The lowest BCUT2D eigenvalue weighted by Crippen LogP contribution is -2.51. The number of esters is 1. The van der Waals surface area contributed by atoms with Crippen LogP contribution in [0.15, 0.2) is 12.1 Å². The smallest absolute Gasteiger partial charge is 0.328 e. The summed E-state index contributed by atoms with van der Waals surface area (Å²) >= 11 is 0. The predicted octanol–water partition coefficient (Wildman–Crippen LogP) is 4.73. The van der Waals surface area contributed by atoms with E-state index < -0.39 is 6.04 Å². The number of benzene rings is 1. The SMILES string of the molecule is COCCCCOC(=O)[C@@H]1CCCCN1C(=O)C(c1cc(OC)c(OC)c(OC)c1)C1CCCCC1. The van der Waals surface area contributed by atoms with Crippen molar-refractivity contribution in [2.24, 2.45) is 5.92 Å². The molecule has 0 aromatic heterocycles. The summed E-state index contributed by atoms with van der Waals surface area (Å²) in [7, 11) is 6.40. The van der Waals surface area contributed by atoms with Crippen LogP contribution in [0.1, 0.15) is 75.7 Å². The minimum absolute atomic E-state index is 0.00259. The van der Waals surface area contributed by atoms with Crippen LogP contribution in [0.25, 0.3) is 0 Å². The molecule has 8 nitrogen and oxygen atoms in total. The van der Waals surface area contributed by atoms with Crippen molar-refractivity contribution in [2.45, 2.75) is 76.2 Å². The zero-order chi connectivity index (χ0) is 25.9. The number of methoxy groups -OCH3 is 4. The normalized spacial score (nSPS) is 19.4. The van der Waals surface area contributed by atoms with Crippen molar-refractivity contribution in [2.75, 3.05) is 48.2 Å². The molecule has 1 unspecified atom stereocenters. The van der Waals surface area contributed by atoms with Gasteiger partial charge in [-0.15, -0.1) is 0 Å². The average Bonchev–Trinajstić information content (AvgIpc) is 2.92. The van der Waals surface area contributed by atoms with Crippen LogP contribution in [0, 0.1) is 5.92 Å². The van der Waals surface area contributed by atoms with E-state index in [4.69, 9.17) is 23.7 Å². The number of amides is 1. The molecule has 0 bridgehead atoms. The van der Waals surface area contributed by atoms with Crippen molar-refractivity contribution in [1.29, 1.82) is 0 Å². The van der Waals surface area contributed by atoms with Gasteiger partial charge in [0.15, 0.2) is 11.5 Å². The number of likely N-dealkylation sites (tertiary alicyclic amines) is 1. The van der Waals surface area contributed by atoms with Gasteiger partial charge in [-0.25, -0.2) is 4.79 Å². The highest BCUT2D eigenvalue weighted by molar-refractivity contribution is 5.89. The maximum atomic E-state index is 14.3. The van der Waals surface area contributed by atoms with Crippen LogP contribution in [-0.2, 0) is 19.1 Å². The van der Waals surface area contributed by atoms with E-state index in [-0.39, 0.29) is 23.7 Å². The molecule has 1 saturated carbocycles. The first kappa shape index (κ1) is 28.1. The third kappa shape index (κ3) is 6.84. The fourth-order valence-electron chi connectivity index (χ4n) is 5.60. The van der Waals surface area contributed by atoms with Crippen LogP contribution >= 0.6 is 0 Å². The summed E-state index contributed by atoms with van der Waals surface area (Å²) in [6.07, 6.45) is 9.37. The van der Waals surface area contributed by atoms with Gasteiger partial charge in [-0.05, 0) is 68.6 Å². The number of piperidine rings is 1. The number of carbonyl (C=O) groups excluding carboxylic acids is 2. The zero-order valence-electron chi connectivity index (χ0n) is 22.4. The largest absolute Gasteiger partial charge is 0.493 e. The van der Waals surface area contributed by atoms with E-state index >= 15 is 0 Å². The highest BCUT2D eigenvalue weighted by Gasteiger charge is 2.40. The van der Waals surface area contributed by atoms with Gasteiger partial charge in [0.1, 0.15) is 6.04 Å². The molecule has 202 valence electrons. The number of carbonyl (C=O) groups is 2. The Morgan fingerprint density at radius 3 is 2.11 bits per heavy atom. The number of unbranched alkanes of at least 4 members (excludes halogenated alkanes) is 1. The van der Waals surface area contributed by atoms with Gasteiger partial charge in [-0.3, -0.25) is 4.79 Å². The molecule has 2 fully saturated rings. The van der Waals surface area contributed by atoms with Gasteiger partial charge in [-0.2, -0.15) is 0 Å². The van der Waals surface area contributed by atoms with Crippen molar-refractivity contribution >= 4 is 11.9 Å². The fraction of sp³-hybridized carbons (Fsp3) is 0.714. The van der Waals surface area contributed by atoms with Gasteiger partial charge in [0.25, 0.3) is 0 Å². The molecule has 0 radical (unpaired) electrons. The molecule has 1 heterocycles. The van der Waals surface area contributed by atoms with Crippen molar-refractivity contribution in [3.63, 3.8) is 0 Å². The third-order valence-electron chi connectivity index (χ3n) is 7.48.